The number of pyridine rings is 1. The van der Waals surface area contributed by atoms with E-state index in [1.165, 1.54) is 0 Å². The van der Waals surface area contributed by atoms with Crippen LogP contribution in [-0.4, -0.2) is 42.2 Å². The summed E-state index contributed by atoms with van der Waals surface area (Å²) in [4.78, 5) is 18.6. The van der Waals surface area contributed by atoms with E-state index in [0.29, 0.717) is 11.8 Å². The number of rotatable bonds is 5. The number of nitrogens with two attached hydrogens (primary N) is 1. The zero-order valence-corrected chi connectivity index (χ0v) is 15.5. The number of ether oxygens (including phenoxy) is 2. The zero-order chi connectivity index (χ0) is 19.0. The molecule has 0 saturated carbocycles. The molecule has 142 valence electrons. The fourth-order valence-electron chi connectivity index (χ4n) is 4.69. The van der Waals surface area contributed by atoms with Gasteiger partial charge in [-0.2, -0.15) is 0 Å². The summed E-state index contributed by atoms with van der Waals surface area (Å²) in [5.41, 5.74) is 7.21. The van der Waals surface area contributed by atoms with Gasteiger partial charge >= 0.3 is 6.09 Å². The molecule has 0 radical (unpaired) electrons. The van der Waals surface area contributed by atoms with E-state index < -0.39 is 12.2 Å². The molecule has 1 aromatic carbocycles. The summed E-state index contributed by atoms with van der Waals surface area (Å²) in [7, 11) is 1.63. The molecule has 3 aliphatic rings. The smallest absolute Gasteiger partial charge is 0.405 e. The number of benzene rings is 1. The monoisotopic (exact) mass is 367 g/mol. The maximum absolute atomic E-state index is 11.7. The Bertz CT molecular complexity index is 869. The first kappa shape index (κ1) is 17.8. The Hall–Kier alpha value is -2.60. The Balaban J connectivity index is 1.76. The first-order valence-electron chi connectivity index (χ1n) is 9.36. The van der Waals surface area contributed by atoms with Gasteiger partial charge in [-0.05, 0) is 55.5 Å². The summed E-state index contributed by atoms with van der Waals surface area (Å²) in [6.45, 7) is 5.94. The largest absolute Gasteiger partial charge is 0.497 e. The van der Waals surface area contributed by atoms with E-state index in [0.717, 1.165) is 48.1 Å². The number of primary amides is 1. The second-order valence-electron chi connectivity index (χ2n) is 7.39. The Morgan fingerprint density at radius 3 is 2.96 bits per heavy atom. The van der Waals surface area contributed by atoms with Gasteiger partial charge in [-0.3, -0.25) is 9.88 Å². The van der Waals surface area contributed by atoms with Crippen molar-refractivity contribution >= 4 is 17.0 Å². The van der Waals surface area contributed by atoms with Crippen LogP contribution in [0.2, 0.25) is 0 Å². The fraction of sp³-hybridized carbons (Fsp3) is 0.429. The molecule has 5 atom stereocenters. The number of nitrogens with zero attached hydrogens (tertiary/aromatic N) is 2. The molecule has 0 aliphatic carbocycles. The molecule has 5 rings (SSSR count). The minimum Gasteiger partial charge on any atom is -0.497 e. The van der Waals surface area contributed by atoms with Crippen molar-refractivity contribution in [2.24, 2.45) is 17.6 Å². The molecule has 27 heavy (non-hydrogen) atoms. The molecule has 6 heteroatoms. The Labute approximate surface area is 158 Å². The molecule has 1 aromatic heterocycles. The van der Waals surface area contributed by atoms with Crippen LogP contribution in [0.4, 0.5) is 4.79 Å². The first-order chi connectivity index (χ1) is 13.1. The molecule has 3 saturated heterocycles. The molecular formula is C21H25N3O3. The summed E-state index contributed by atoms with van der Waals surface area (Å²) in [6.07, 6.45) is 4.74. The van der Waals surface area contributed by atoms with E-state index in [4.69, 9.17) is 15.2 Å². The summed E-state index contributed by atoms with van der Waals surface area (Å²) in [5, 5.41) is 0.922. The van der Waals surface area contributed by atoms with Gasteiger partial charge in [0.05, 0.1) is 18.7 Å². The van der Waals surface area contributed by atoms with Crippen LogP contribution in [-0.2, 0) is 4.74 Å². The average molecular weight is 367 g/mol. The van der Waals surface area contributed by atoms with Crippen molar-refractivity contribution < 1.29 is 14.3 Å². The van der Waals surface area contributed by atoms with E-state index in [1.54, 1.807) is 13.3 Å². The predicted molar refractivity (Wildman–Crippen MR) is 103 cm³/mol. The highest BCUT2D eigenvalue weighted by Crippen LogP contribution is 2.43. The van der Waals surface area contributed by atoms with E-state index in [1.807, 2.05) is 24.3 Å². The van der Waals surface area contributed by atoms with Gasteiger partial charge in [0.2, 0.25) is 0 Å². The number of hydrogen-bond donors (Lipinski definition) is 1. The minimum absolute atomic E-state index is 0.101. The van der Waals surface area contributed by atoms with E-state index in [-0.39, 0.29) is 6.04 Å². The molecular weight excluding hydrogens is 342 g/mol. The van der Waals surface area contributed by atoms with Crippen LogP contribution >= 0.6 is 0 Å². The van der Waals surface area contributed by atoms with Gasteiger partial charge in [-0.25, -0.2) is 4.79 Å². The lowest BCUT2D eigenvalue weighted by Gasteiger charge is -2.51. The van der Waals surface area contributed by atoms with Crippen LogP contribution in [0.15, 0.2) is 43.1 Å². The van der Waals surface area contributed by atoms with Crippen molar-refractivity contribution in [3.8, 4) is 5.75 Å². The predicted octanol–water partition coefficient (Wildman–Crippen LogP) is 3.28. The maximum Gasteiger partial charge on any atom is 0.405 e. The molecule has 2 bridgehead atoms. The third-order valence-electron chi connectivity index (χ3n) is 6.04. The number of fused-ring (bicyclic) bond motifs is 4. The van der Waals surface area contributed by atoms with Gasteiger partial charge in [0.25, 0.3) is 0 Å². The van der Waals surface area contributed by atoms with Crippen molar-refractivity contribution in [2.75, 3.05) is 20.2 Å². The zero-order valence-electron chi connectivity index (χ0n) is 15.5. The van der Waals surface area contributed by atoms with Crippen molar-refractivity contribution in [2.45, 2.75) is 25.0 Å². The van der Waals surface area contributed by atoms with E-state index >= 15 is 0 Å². The van der Waals surface area contributed by atoms with Crippen LogP contribution in [0.3, 0.4) is 0 Å². The molecule has 2 aromatic rings. The van der Waals surface area contributed by atoms with Gasteiger partial charge in [-0.1, -0.05) is 6.08 Å². The average Bonchev–Trinajstić information content (AvgIpc) is 2.71. The van der Waals surface area contributed by atoms with Crippen LogP contribution < -0.4 is 10.5 Å². The fourth-order valence-corrected chi connectivity index (χ4v) is 4.69. The highest BCUT2D eigenvalue weighted by atomic mass is 16.6. The quantitative estimate of drug-likeness (QED) is 0.821. The SMILES string of the molecule is C=C[C@H]1CN2CC[C@H]1C[C@@H]2[C@@H](OC(N)=O)c1ccnc2ccc(OC)cc12. The molecule has 3 fully saturated rings. The molecule has 6 nitrogen and oxygen atoms in total. The van der Waals surface area contributed by atoms with Crippen molar-refractivity contribution in [3.05, 3.63) is 48.7 Å². The Morgan fingerprint density at radius 2 is 2.30 bits per heavy atom. The molecule has 2 N–H and O–H groups in total. The second-order valence-corrected chi connectivity index (χ2v) is 7.39. The summed E-state index contributed by atoms with van der Waals surface area (Å²) < 4.78 is 11.1. The normalized spacial score (nSPS) is 27.9. The van der Waals surface area contributed by atoms with Crippen LogP contribution in [0.1, 0.15) is 24.5 Å². The minimum atomic E-state index is -0.754. The number of carbonyl (C=O) groups is 1. The molecule has 3 aliphatic heterocycles. The van der Waals surface area contributed by atoms with Gasteiger partial charge in [-0.15, -0.1) is 6.58 Å². The third-order valence-corrected chi connectivity index (χ3v) is 6.04. The number of methoxy groups -OCH3 is 1. The van der Waals surface area contributed by atoms with Gasteiger partial charge in [0.15, 0.2) is 0 Å². The first-order valence-corrected chi connectivity index (χ1v) is 9.36. The second kappa shape index (κ2) is 7.19. The summed E-state index contributed by atoms with van der Waals surface area (Å²) in [5.74, 6) is 1.81. The van der Waals surface area contributed by atoms with Gasteiger partial charge < -0.3 is 15.2 Å². The summed E-state index contributed by atoms with van der Waals surface area (Å²) >= 11 is 0. The van der Waals surface area contributed by atoms with Crippen molar-refractivity contribution in [3.63, 3.8) is 0 Å². The number of hydrogen-bond acceptors (Lipinski definition) is 5. The topological polar surface area (TPSA) is 77.7 Å². The third kappa shape index (κ3) is 3.25. The van der Waals surface area contributed by atoms with Crippen LogP contribution in [0, 0.1) is 11.8 Å². The molecule has 0 spiro atoms. The Kier molecular flexibility index (Phi) is 4.74. The molecule has 1 amide bonds. The van der Waals surface area contributed by atoms with Crippen molar-refractivity contribution in [1.82, 2.24) is 9.88 Å². The lowest BCUT2D eigenvalue weighted by atomic mass is 9.73. The number of piperidine rings is 3. The standard InChI is InChI=1S/C21H25N3O3/c1-3-13-12-24-9-7-14(13)10-19(24)20(27-21(22)25)16-6-8-23-18-5-4-15(26-2)11-17(16)18/h3-6,8,11,13-14,19-20H,1,7,9-10,12H2,2H3,(H2,22,25)/t13-,14-,19+,20-/m0/s1. The van der Waals surface area contributed by atoms with Gasteiger partial charge in [0.1, 0.15) is 11.9 Å². The van der Waals surface area contributed by atoms with Crippen molar-refractivity contribution in [1.29, 1.82) is 0 Å². The highest BCUT2D eigenvalue weighted by molar-refractivity contribution is 5.84. The Morgan fingerprint density at radius 1 is 1.44 bits per heavy atom. The lowest BCUT2D eigenvalue weighted by molar-refractivity contribution is -0.0482. The number of aromatic nitrogens is 1. The highest BCUT2D eigenvalue weighted by Gasteiger charge is 2.44. The number of amides is 1. The van der Waals surface area contributed by atoms with E-state index in [9.17, 15) is 4.79 Å². The number of carbonyl (C=O) groups excluding carboxylic acids is 1. The lowest BCUT2D eigenvalue weighted by Crippen LogP contribution is -2.55. The van der Waals surface area contributed by atoms with Gasteiger partial charge in [0, 0.05) is 23.7 Å². The van der Waals surface area contributed by atoms with Crippen LogP contribution in [0.5, 0.6) is 5.75 Å². The molecule has 1 unspecified atom stereocenters. The summed E-state index contributed by atoms with van der Waals surface area (Å²) in [6, 6.07) is 7.76. The van der Waals surface area contributed by atoms with E-state index in [2.05, 4.69) is 22.5 Å². The van der Waals surface area contributed by atoms with Crippen LogP contribution in [0.25, 0.3) is 10.9 Å². The molecule has 4 heterocycles. The maximum atomic E-state index is 11.7.